The van der Waals surface area contributed by atoms with Crippen molar-refractivity contribution in [3.63, 3.8) is 0 Å². The number of hydrogen-bond donors (Lipinski definition) is 1. The first-order chi connectivity index (χ1) is 23.3. The number of carbonyl (C=O) groups is 1. The van der Waals surface area contributed by atoms with Gasteiger partial charge in [-0.25, -0.2) is 4.98 Å². The summed E-state index contributed by atoms with van der Waals surface area (Å²) in [4.78, 5) is 27.1. The predicted molar refractivity (Wildman–Crippen MR) is 189 cm³/mol. The second-order valence-electron chi connectivity index (χ2n) is 12.4. The summed E-state index contributed by atoms with van der Waals surface area (Å²) in [5.41, 5.74) is 5.65. The van der Waals surface area contributed by atoms with Crippen molar-refractivity contribution in [1.82, 2.24) is 19.4 Å². The molecule has 2 aromatic carbocycles. The fourth-order valence-corrected chi connectivity index (χ4v) is 7.62. The Kier molecular flexibility index (Phi) is 8.98. The molecule has 12 heteroatoms. The van der Waals surface area contributed by atoms with Crippen LogP contribution in [0.5, 0.6) is 17.2 Å². The number of fused-ring (bicyclic) bond motifs is 3. The zero-order valence-electron chi connectivity index (χ0n) is 27.3. The van der Waals surface area contributed by atoms with Gasteiger partial charge in [0, 0.05) is 80.5 Å². The Morgan fingerprint density at radius 2 is 1.67 bits per heavy atom. The van der Waals surface area contributed by atoms with Crippen LogP contribution >= 0.6 is 23.2 Å². The number of methoxy groups -OCH3 is 3. The van der Waals surface area contributed by atoms with E-state index in [2.05, 4.69) is 21.7 Å². The molecule has 250 valence electrons. The highest BCUT2D eigenvalue weighted by atomic mass is 35.5. The summed E-state index contributed by atoms with van der Waals surface area (Å²) in [6.45, 7) is 8.53. The predicted octanol–water partition coefficient (Wildman–Crippen LogP) is 6.61. The normalized spacial score (nSPS) is 17.4. The van der Waals surface area contributed by atoms with Gasteiger partial charge in [-0.15, -0.1) is 0 Å². The monoisotopic (exact) mass is 688 g/mol. The molecule has 10 nitrogen and oxygen atoms in total. The van der Waals surface area contributed by atoms with Crippen molar-refractivity contribution in [1.29, 1.82) is 0 Å². The number of carbonyl (C=O) groups excluding carboxylic acids is 1. The van der Waals surface area contributed by atoms with Crippen LogP contribution in [0.2, 0.25) is 10.0 Å². The molecule has 1 saturated heterocycles. The third-order valence-corrected chi connectivity index (χ3v) is 10.3. The Morgan fingerprint density at radius 3 is 2.31 bits per heavy atom. The number of amides is 1. The summed E-state index contributed by atoms with van der Waals surface area (Å²) >= 11 is 13.7. The van der Waals surface area contributed by atoms with Gasteiger partial charge in [0.25, 0.3) is 0 Å². The summed E-state index contributed by atoms with van der Waals surface area (Å²) < 4.78 is 19.1. The van der Waals surface area contributed by atoms with Crippen LogP contribution in [0.1, 0.15) is 35.7 Å². The molecule has 48 heavy (non-hydrogen) atoms. The van der Waals surface area contributed by atoms with Crippen LogP contribution in [-0.4, -0.2) is 79.4 Å². The van der Waals surface area contributed by atoms with Crippen LogP contribution in [-0.2, 0) is 11.2 Å². The first-order valence-electron chi connectivity index (χ1n) is 16.1. The third-order valence-electron chi connectivity index (χ3n) is 9.55. The van der Waals surface area contributed by atoms with Gasteiger partial charge in [0.2, 0.25) is 5.91 Å². The topological polar surface area (TPSA) is 94.0 Å². The molecule has 1 atom stereocenters. The van der Waals surface area contributed by atoms with Crippen molar-refractivity contribution in [2.75, 3.05) is 64.3 Å². The Balaban J connectivity index is 1.26. The fraction of sp³-hybridized carbons (Fsp3) is 0.361. The number of benzene rings is 2. The van der Waals surface area contributed by atoms with Crippen LogP contribution in [0.25, 0.3) is 16.9 Å². The Hall–Kier alpha value is -4.25. The van der Waals surface area contributed by atoms with Gasteiger partial charge < -0.3 is 29.0 Å². The number of aromatic nitrogens is 3. The molecule has 7 rings (SSSR count). The molecule has 2 aromatic heterocycles. The maximum absolute atomic E-state index is 12.6. The molecule has 2 aliphatic heterocycles. The van der Waals surface area contributed by atoms with Crippen LogP contribution in [0.4, 0.5) is 11.4 Å². The molecular weight excluding hydrogens is 651 g/mol. The van der Waals surface area contributed by atoms with E-state index in [-0.39, 0.29) is 11.8 Å². The molecule has 1 saturated carbocycles. The van der Waals surface area contributed by atoms with E-state index in [1.165, 1.54) is 25.5 Å². The first-order valence-corrected chi connectivity index (χ1v) is 16.8. The van der Waals surface area contributed by atoms with E-state index in [0.29, 0.717) is 50.7 Å². The SMILES string of the molecule is C=CC(=O)Nc1cc(-c2cc3c(cn2)CC(c2c(Cl)c(OC)cc(OC)c2Cl)c2nccn2-3)c(OC)cc1N1CCN(CC2CC2)CC1. The second-order valence-corrected chi connectivity index (χ2v) is 13.2. The number of hydrogen-bond acceptors (Lipinski definition) is 8. The van der Waals surface area contributed by atoms with Gasteiger partial charge >= 0.3 is 0 Å². The van der Waals surface area contributed by atoms with Crippen LogP contribution < -0.4 is 24.4 Å². The highest BCUT2D eigenvalue weighted by Gasteiger charge is 2.34. The largest absolute Gasteiger partial charge is 0.496 e. The highest BCUT2D eigenvalue weighted by Crippen LogP contribution is 2.49. The third kappa shape index (κ3) is 5.97. The molecular formula is C36H38Cl2N6O4. The standard InChI is InChI=1S/C36H38Cl2N6O4/c1-5-32(45)41-26-15-23(29(46-2)17-28(26)43-12-10-42(11-13-43)20-21-6-7-21)25-16-27-22(19-40-25)14-24(36-39-8-9-44(27)36)33-34(37)30(47-3)18-31(48-4)35(33)38/h5,8-9,15-19,21,24H,1,6-7,10-14,20H2,2-4H3,(H,41,45). The van der Waals surface area contributed by atoms with Crippen LogP contribution in [0.15, 0.2) is 55.5 Å². The number of ether oxygens (including phenoxy) is 3. The van der Waals surface area contributed by atoms with Crippen molar-refractivity contribution < 1.29 is 19.0 Å². The summed E-state index contributed by atoms with van der Waals surface area (Å²) in [5, 5.41) is 3.87. The number of anilines is 2. The Bertz CT molecular complexity index is 1850. The lowest BCUT2D eigenvalue weighted by Gasteiger charge is -2.37. The molecule has 1 N–H and O–H groups in total. The Labute approximate surface area is 290 Å². The summed E-state index contributed by atoms with van der Waals surface area (Å²) in [5.74, 6) is 2.69. The molecule has 0 spiro atoms. The lowest BCUT2D eigenvalue weighted by molar-refractivity contribution is -0.111. The number of pyridine rings is 1. The smallest absolute Gasteiger partial charge is 0.247 e. The molecule has 1 aliphatic carbocycles. The molecule has 0 bridgehead atoms. The van der Waals surface area contributed by atoms with Crippen molar-refractivity contribution in [3.05, 3.63) is 82.5 Å². The van der Waals surface area contributed by atoms with E-state index in [1.807, 2.05) is 35.2 Å². The van der Waals surface area contributed by atoms with Crippen molar-refractivity contribution in [2.24, 2.45) is 5.92 Å². The zero-order chi connectivity index (χ0) is 33.5. The average Bonchev–Trinajstić information content (AvgIpc) is 3.78. The van der Waals surface area contributed by atoms with Gasteiger partial charge in [0.05, 0.1) is 54.1 Å². The van der Waals surface area contributed by atoms with Gasteiger partial charge in [-0.2, -0.15) is 0 Å². The summed E-state index contributed by atoms with van der Waals surface area (Å²) in [6, 6.07) is 7.66. The maximum atomic E-state index is 12.6. The molecule has 1 unspecified atom stereocenters. The number of imidazole rings is 1. The van der Waals surface area contributed by atoms with Crippen molar-refractivity contribution in [2.45, 2.75) is 25.2 Å². The highest BCUT2D eigenvalue weighted by molar-refractivity contribution is 6.38. The molecule has 4 aromatic rings. The van der Waals surface area contributed by atoms with Crippen molar-refractivity contribution >= 4 is 40.5 Å². The number of halogens is 2. The van der Waals surface area contributed by atoms with E-state index in [9.17, 15) is 4.79 Å². The zero-order valence-corrected chi connectivity index (χ0v) is 28.8. The van der Waals surface area contributed by atoms with E-state index >= 15 is 0 Å². The van der Waals surface area contributed by atoms with Gasteiger partial charge in [-0.05, 0) is 49.0 Å². The first kappa shape index (κ1) is 32.3. The number of nitrogens with one attached hydrogen (secondary N) is 1. The lowest BCUT2D eigenvalue weighted by atomic mass is 9.87. The number of nitrogens with zero attached hydrogens (tertiary/aromatic N) is 5. The number of piperazine rings is 1. The van der Waals surface area contributed by atoms with E-state index in [4.69, 9.17) is 47.4 Å². The fourth-order valence-electron chi connectivity index (χ4n) is 6.85. The van der Waals surface area contributed by atoms with Gasteiger partial charge in [-0.1, -0.05) is 29.8 Å². The average molecular weight is 690 g/mol. The van der Waals surface area contributed by atoms with Gasteiger partial charge in [0.1, 0.15) is 23.1 Å². The van der Waals surface area contributed by atoms with Crippen LogP contribution in [0.3, 0.4) is 0 Å². The number of rotatable bonds is 10. The van der Waals surface area contributed by atoms with Crippen LogP contribution in [0, 0.1) is 5.92 Å². The van der Waals surface area contributed by atoms with E-state index in [0.717, 1.165) is 60.4 Å². The minimum absolute atomic E-state index is 0.275. The second kappa shape index (κ2) is 13.3. The maximum Gasteiger partial charge on any atom is 0.247 e. The molecule has 3 aliphatic rings. The van der Waals surface area contributed by atoms with Gasteiger partial charge in [-0.3, -0.25) is 14.7 Å². The summed E-state index contributed by atoms with van der Waals surface area (Å²) in [6.07, 6.45) is 10.1. The van der Waals surface area contributed by atoms with E-state index in [1.54, 1.807) is 33.6 Å². The summed E-state index contributed by atoms with van der Waals surface area (Å²) in [7, 11) is 4.78. The molecule has 2 fully saturated rings. The minimum Gasteiger partial charge on any atom is -0.496 e. The van der Waals surface area contributed by atoms with Gasteiger partial charge in [0.15, 0.2) is 0 Å². The molecule has 1 amide bonds. The minimum atomic E-state index is -0.279. The molecule has 4 heterocycles. The van der Waals surface area contributed by atoms with Crippen molar-refractivity contribution in [3.8, 4) is 34.2 Å². The van der Waals surface area contributed by atoms with E-state index < -0.39 is 0 Å². The molecule has 0 radical (unpaired) electrons. The lowest BCUT2D eigenvalue weighted by Crippen LogP contribution is -2.47. The Morgan fingerprint density at radius 1 is 0.958 bits per heavy atom. The quantitative estimate of drug-likeness (QED) is 0.186.